The molecule has 108 valence electrons. The van der Waals surface area contributed by atoms with Crippen molar-refractivity contribution in [3.63, 3.8) is 0 Å². The van der Waals surface area contributed by atoms with Gasteiger partial charge in [0.25, 0.3) is 0 Å². The molecule has 1 rings (SSSR count). The number of amides is 3. The molecule has 0 aromatic rings. The van der Waals surface area contributed by atoms with E-state index in [1.807, 2.05) is 6.92 Å². The molecule has 2 atom stereocenters. The van der Waals surface area contributed by atoms with E-state index in [9.17, 15) is 14.4 Å². The molecule has 1 heterocycles. The second-order valence-corrected chi connectivity index (χ2v) is 4.78. The van der Waals surface area contributed by atoms with Gasteiger partial charge < -0.3 is 20.2 Å². The largest absolute Gasteiger partial charge is 0.480 e. The summed E-state index contributed by atoms with van der Waals surface area (Å²) in [5, 5.41) is 11.7. The van der Waals surface area contributed by atoms with Gasteiger partial charge in [-0.15, -0.1) is 0 Å². The standard InChI is InChI=1S/C12H21N3O4/c1-3-9(2)10(11(17)18)13-12(19)15-6-4-14(8-16)5-7-15/h8-10H,3-7H2,1-2H3,(H,13,19)(H,17,18)/t9?,10-/m0/s1. The molecule has 1 saturated heterocycles. The number of rotatable bonds is 5. The van der Waals surface area contributed by atoms with Gasteiger partial charge in [0, 0.05) is 26.2 Å². The Hall–Kier alpha value is -1.79. The van der Waals surface area contributed by atoms with Gasteiger partial charge in [-0.05, 0) is 5.92 Å². The van der Waals surface area contributed by atoms with Crippen LogP contribution in [0.5, 0.6) is 0 Å². The summed E-state index contributed by atoms with van der Waals surface area (Å²) < 4.78 is 0. The highest BCUT2D eigenvalue weighted by Crippen LogP contribution is 2.09. The van der Waals surface area contributed by atoms with E-state index in [4.69, 9.17) is 5.11 Å². The summed E-state index contributed by atoms with van der Waals surface area (Å²) in [6.07, 6.45) is 1.44. The number of carbonyl (C=O) groups is 3. The van der Waals surface area contributed by atoms with E-state index in [0.717, 1.165) is 6.41 Å². The minimum atomic E-state index is -1.02. The van der Waals surface area contributed by atoms with Crippen LogP contribution in [0.25, 0.3) is 0 Å². The van der Waals surface area contributed by atoms with Crippen LogP contribution in [-0.2, 0) is 9.59 Å². The second-order valence-electron chi connectivity index (χ2n) is 4.78. The third kappa shape index (κ3) is 4.11. The van der Waals surface area contributed by atoms with Crippen LogP contribution < -0.4 is 5.32 Å². The van der Waals surface area contributed by atoms with E-state index < -0.39 is 12.0 Å². The molecular formula is C12H21N3O4. The van der Waals surface area contributed by atoms with Gasteiger partial charge in [0.1, 0.15) is 6.04 Å². The van der Waals surface area contributed by atoms with Gasteiger partial charge in [0.05, 0.1) is 0 Å². The summed E-state index contributed by atoms with van der Waals surface area (Å²) in [7, 11) is 0. The van der Waals surface area contributed by atoms with Crippen LogP contribution in [0.4, 0.5) is 4.79 Å². The van der Waals surface area contributed by atoms with Gasteiger partial charge in [-0.25, -0.2) is 9.59 Å². The van der Waals surface area contributed by atoms with Gasteiger partial charge in [-0.2, -0.15) is 0 Å². The molecule has 0 spiro atoms. The van der Waals surface area contributed by atoms with Crippen molar-refractivity contribution < 1.29 is 19.5 Å². The van der Waals surface area contributed by atoms with Crippen LogP contribution in [0.3, 0.4) is 0 Å². The lowest BCUT2D eigenvalue weighted by Gasteiger charge is -2.33. The van der Waals surface area contributed by atoms with Gasteiger partial charge in [0.2, 0.25) is 6.41 Å². The predicted octanol–water partition coefficient (Wildman–Crippen LogP) is -0.0307. The third-order valence-corrected chi connectivity index (χ3v) is 3.51. The summed E-state index contributed by atoms with van der Waals surface area (Å²) in [4.78, 5) is 36.8. The van der Waals surface area contributed by atoms with Crippen molar-refractivity contribution in [3.05, 3.63) is 0 Å². The summed E-state index contributed by atoms with van der Waals surface area (Å²) in [5.41, 5.74) is 0. The van der Waals surface area contributed by atoms with Crippen molar-refractivity contribution in [1.29, 1.82) is 0 Å². The first-order chi connectivity index (χ1) is 8.99. The average Bonchev–Trinajstić information content (AvgIpc) is 2.43. The quantitative estimate of drug-likeness (QED) is 0.687. The summed E-state index contributed by atoms with van der Waals surface area (Å²) in [6, 6.07) is -1.25. The molecule has 0 saturated carbocycles. The van der Waals surface area contributed by atoms with Gasteiger partial charge in [0.15, 0.2) is 0 Å². The zero-order valence-electron chi connectivity index (χ0n) is 11.3. The van der Waals surface area contributed by atoms with Crippen molar-refractivity contribution in [2.24, 2.45) is 5.92 Å². The lowest BCUT2D eigenvalue weighted by Crippen LogP contribution is -2.55. The predicted molar refractivity (Wildman–Crippen MR) is 68.6 cm³/mol. The second kappa shape index (κ2) is 6.96. The molecule has 7 nitrogen and oxygen atoms in total. The highest BCUT2D eigenvalue weighted by molar-refractivity contribution is 5.82. The fourth-order valence-electron chi connectivity index (χ4n) is 1.94. The zero-order valence-corrected chi connectivity index (χ0v) is 11.3. The van der Waals surface area contributed by atoms with Crippen molar-refractivity contribution in [3.8, 4) is 0 Å². The third-order valence-electron chi connectivity index (χ3n) is 3.51. The molecule has 0 radical (unpaired) electrons. The number of hydrogen-bond donors (Lipinski definition) is 2. The molecular weight excluding hydrogens is 250 g/mol. The molecule has 1 aliphatic heterocycles. The number of carboxylic acids is 1. The van der Waals surface area contributed by atoms with Gasteiger partial charge in [-0.3, -0.25) is 4.79 Å². The highest BCUT2D eigenvalue weighted by Gasteiger charge is 2.28. The maximum absolute atomic E-state index is 12.0. The molecule has 1 fully saturated rings. The molecule has 2 N–H and O–H groups in total. The first-order valence-electron chi connectivity index (χ1n) is 6.47. The van der Waals surface area contributed by atoms with E-state index in [-0.39, 0.29) is 11.9 Å². The molecule has 0 aromatic heterocycles. The van der Waals surface area contributed by atoms with Crippen molar-refractivity contribution in [1.82, 2.24) is 15.1 Å². The Morgan fingerprint density at radius 2 is 1.89 bits per heavy atom. The normalized spacial score (nSPS) is 18.6. The van der Waals surface area contributed by atoms with E-state index in [1.165, 1.54) is 0 Å². The molecule has 3 amide bonds. The lowest BCUT2D eigenvalue weighted by molar-refractivity contribution is -0.140. The SMILES string of the molecule is CCC(C)[C@H](NC(=O)N1CCN(C=O)CC1)C(=O)O. The topological polar surface area (TPSA) is 90.0 Å². The van der Waals surface area contributed by atoms with Gasteiger partial charge >= 0.3 is 12.0 Å². The molecule has 19 heavy (non-hydrogen) atoms. The fourth-order valence-corrected chi connectivity index (χ4v) is 1.94. The lowest BCUT2D eigenvalue weighted by atomic mass is 9.99. The summed E-state index contributed by atoms with van der Waals surface area (Å²) in [5.74, 6) is -1.15. The molecule has 0 bridgehead atoms. The zero-order chi connectivity index (χ0) is 14.4. The molecule has 1 unspecified atom stereocenters. The number of urea groups is 1. The Balaban J connectivity index is 2.53. The Labute approximate surface area is 112 Å². The number of nitrogens with zero attached hydrogens (tertiary/aromatic N) is 2. The summed E-state index contributed by atoms with van der Waals surface area (Å²) in [6.45, 7) is 5.50. The van der Waals surface area contributed by atoms with Crippen molar-refractivity contribution >= 4 is 18.4 Å². The maximum Gasteiger partial charge on any atom is 0.326 e. The Morgan fingerprint density at radius 1 is 1.32 bits per heavy atom. The number of carbonyl (C=O) groups excluding carboxylic acids is 2. The molecule has 0 aromatic carbocycles. The Bertz CT molecular complexity index is 340. The van der Waals surface area contributed by atoms with Crippen LogP contribution in [0.1, 0.15) is 20.3 Å². The first kappa shape index (κ1) is 15.3. The smallest absolute Gasteiger partial charge is 0.326 e. The molecule has 1 aliphatic rings. The number of aliphatic carboxylic acids is 1. The van der Waals surface area contributed by atoms with Crippen LogP contribution in [0.2, 0.25) is 0 Å². The van der Waals surface area contributed by atoms with Gasteiger partial charge in [-0.1, -0.05) is 20.3 Å². The van der Waals surface area contributed by atoms with E-state index in [0.29, 0.717) is 32.6 Å². The minimum absolute atomic E-state index is 0.127. The Morgan fingerprint density at radius 3 is 2.32 bits per heavy atom. The van der Waals surface area contributed by atoms with Crippen molar-refractivity contribution in [2.75, 3.05) is 26.2 Å². The molecule has 0 aliphatic carbocycles. The van der Waals surface area contributed by atoms with Crippen LogP contribution in [0, 0.1) is 5.92 Å². The summed E-state index contributed by atoms with van der Waals surface area (Å²) >= 11 is 0. The average molecular weight is 271 g/mol. The number of carboxylic acid groups (broad SMARTS) is 1. The monoisotopic (exact) mass is 271 g/mol. The van der Waals surface area contributed by atoms with Crippen molar-refractivity contribution in [2.45, 2.75) is 26.3 Å². The van der Waals surface area contributed by atoms with Crippen LogP contribution in [0.15, 0.2) is 0 Å². The van der Waals surface area contributed by atoms with E-state index in [2.05, 4.69) is 5.32 Å². The number of hydrogen-bond acceptors (Lipinski definition) is 3. The number of piperazine rings is 1. The van der Waals surface area contributed by atoms with E-state index in [1.54, 1.807) is 16.7 Å². The Kier molecular flexibility index (Phi) is 5.59. The first-order valence-corrected chi connectivity index (χ1v) is 6.47. The van der Waals surface area contributed by atoms with Crippen LogP contribution in [-0.4, -0.2) is 65.5 Å². The minimum Gasteiger partial charge on any atom is -0.480 e. The molecule has 7 heteroatoms. The highest BCUT2D eigenvalue weighted by atomic mass is 16.4. The van der Waals surface area contributed by atoms with E-state index >= 15 is 0 Å². The van der Waals surface area contributed by atoms with Crippen LogP contribution >= 0.6 is 0 Å². The maximum atomic E-state index is 12.0. The fraction of sp³-hybridized carbons (Fsp3) is 0.750. The number of nitrogens with one attached hydrogen (secondary N) is 1.